The third-order valence-corrected chi connectivity index (χ3v) is 4.84. The second kappa shape index (κ2) is 7.61. The topological polar surface area (TPSA) is 84.2 Å². The summed E-state index contributed by atoms with van der Waals surface area (Å²) in [5.41, 5.74) is 1.28. The number of carbonyl (C=O) groups is 1. The maximum absolute atomic E-state index is 12.6. The minimum atomic E-state index is -0.282. The molecule has 1 fully saturated rings. The van der Waals surface area contributed by atoms with E-state index in [1.54, 1.807) is 29.2 Å². The van der Waals surface area contributed by atoms with E-state index in [0.717, 1.165) is 5.56 Å². The van der Waals surface area contributed by atoms with E-state index in [1.807, 2.05) is 19.1 Å². The van der Waals surface area contributed by atoms with Crippen LogP contribution in [-0.2, 0) is 13.0 Å². The van der Waals surface area contributed by atoms with Gasteiger partial charge >= 0.3 is 0 Å². The molecule has 1 amide bonds. The summed E-state index contributed by atoms with van der Waals surface area (Å²) in [6.07, 6.45) is 6.87. The number of carbonyl (C=O) groups excluding carboxylic acids is 1. The average molecular weight is 341 g/mol. The average Bonchev–Trinajstić information content (AvgIpc) is 2.59. The fraction of sp³-hybridized carbons (Fsp3) is 0.421. The highest BCUT2D eigenvalue weighted by Gasteiger charge is 2.34. The second-order valence-corrected chi connectivity index (χ2v) is 6.56. The molecule has 1 aliphatic rings. The smallest absolute Gasteiger partial charge is 0.251 e. The molecule has 6 nitrogen and oxygen atoms in total. The highest BCUT2D eigenvalue weighted by molar-refractivity contribution is 5.94. The highest BCUT2D eigenvalue weighted by atomic mass is 16.3. The van der Waals surface area contributed by atoms with E-state index in [2.05, 4.69) is 10.3 Å². The van der Waals surface area contributed by atoms with Crippen molar-refractivity contribution >= 4 is 5.91 Å². The molecule has 0 unspecified atom stereocenters. The Kier molecular flexibility index (Phi) is 5.28. The van der Waals surface area contributed by atoms with Gasteiger partial charge in [-0.2, -0.15) is 0 Å². The molecule has 1 atom stereocenters. The van der Waals surface area contributed by atoms with E-state index in [1.165, 1.54) is 6.07 Å². The van der Waals surface area contributed by atoms with Gasteiger partial charge in [-0.15, -0.1) is 0 Å². The number of nitrogens with zero attached hydrogens (tertiary/aromatic N) is 2. The fourth-order valence-corrected chi connectivity index (χ4v) is 3.23. The van der Waals surface area contributed by atoms with Gasteiger partial charge in [-0.1, -0.05) is 0 Å². The summed E-state index contributed by atoms with van der Waals surface area (Å²) in [6, 6.07) is 6.82. The molecule has 0 radical (unpaired) electrons. The van der Waals surface area contributed by atoms with E-state index in [-0.39, 0.29) is 29.5 Å². The molecule has 0 saturated heterocycles. The number of amides is 1. The van der Waals surface area contributed by atoms with Crippen molar-refractivity contribution in [1.29, 1.82) is 0 Å². The first-order valence-corrected chi connectivity index (χ1v) is 8.65. The van der Waals surface area contributed by atoms with E-state index < -0.39 is 0 Å². The number of rotatable bonds is 6. The number of aryl methyl sites for hydroxylation is 1. The number of nitrogens with one attached hydrogen (secondary N) is 1. The molecule has 25 heavy (non-hydrogen) atoms. The molecule has 132 valence electrons. The maximum atomic E-state index is 12.6. The predicted molar refractivity (Wildman–Crippen MR) is 94.3 cm³/mol. The molecule has 2 N–H and O–H groups in total. The zero-order valence-corrected chi connectivity index (χ0v) is 14.3. The summed E-state index contributed by atoms with van der Waals surface area (Å²) in [5.74, 6) is -0.0103. The third kappa shape index (κ3) is 4.14. The van der Waals surface area contributed by atoms with Gasteiger partial charge in [0.1, 0.15) is 0 Å². The number of hydrogen-bond acceptors (Lipinski definition) is 4. The molecule has 2 aromatic heterocycles. The lowest BCUT2D eigenvalue weighted by Gasteiger charge is -2.38. The van der Waals surface area contributed by atoms with Crippen LogP contribution in [0.4, 0.5) is 0 Å². The quantitative estimate of drug-likeness (QED) is 0.831. The predicted octanol–water partition coefficient (Wildman–Crippen LogP) is 1.38. The van der Waals surface area contributed by atoms with Crippen molar-refractivity contribution in [2.45, 2.75) is 44.9 Å². The summed E-state index contributed by atoms with van der Waals surface area (Å²) < 4.78 is 1.55. The minimum absolute atomic E-state index is 0.0769. The summed E-state index contributed by atoms with van der Waals surface area (Å²) in [5, 5.41) is 12.7. The fourth-order valence-electron chi connectivity index (χ4n) is 3.23. The first-order chi connectivity index (χ1) is 12.1. The van der Waals surface area contributed by atoms with Crippen LogP contribution >= 0.6 is 0 Å². The van der Waals surface area contributed by atoms with Gasteiger partial charge in [0.2, 0.25) is 0 Å². The van der Waals surface area contributed by atoms with Gasteiger partial charge in [-0.3, -0.25) is 14.6 Å². The summed E-state index contributed by atoms with van der Waals surface area (Å²) in [7, 11) is 0. The van der Waals surface area contributed by atoms with Gasteiger partial charge in [-0.05, 0) is 55.9 Å². The van der Waals surface area contributed by atoms with Crippen LogP contribution in [0, 0.1) is 5.92 Å². The van der Waals surface area contributed by atoms with Crippen LogP contribution in [0.2, 0.25) is 0 Å². The molecule has 0 bridgehead atoms. The molecule has 0 spiro atoms. The Balaban J connectivity index is 1.74. The van der Waals surface area contributed by atoms with Crippen LogP contribution in [0.5, 0.6) is 0 Å². The van der Waals surface area contributed by atoms with Crippen molar-refractivity contribution in [1.82, 2.24) is 14.9 Å². The Morgan fingerprint density at radius 3 is 2.68 bits per heavy atom. The Bertz CT molecular complexity index is 782. The Hall–Kier alpha value is -2.47. The van der Waals surface area contributed by atoms with Crippen molar-refractivity contribution in [2.75, 3.05) is 0 Å². The monoisotopic (exact) mass is 341 g/mol. The Morgan fingerprint density at radius 2 is 2.08 bits per heavy atom. The second-order valence-electron chi connectivity index (χ2n) is 6.56. The van der Waals surface area contributed by atoms with Crippen LogP contribution in [0.3, 0.4) is 0 Å². The number of aliphatic hydroxyl groups excluding tert-OH is 1. The van der Waals surface area contributed by atoms with E-state index >= 15 is 0 Å². The van der Waals surface area contributed by atoms with Crippen LogP contribution in [0.25, 0.3) is 0 Å². The molecule has 0 aromatic carbocycles. The van der Waals surface area contributed by atoms with Crippen molar-refractivity contribution in [2.24, 2.45) is 5.92 Å². The normalized spacial score (nSPS) is 20.6. The van der Waals surface area contributed by atoms with E-state index in [9.17, 15) is 14.7 Å². The molecule has 2 heterocycles. The van der Waals surface area contributed by atoms with Gasteiger partial charge in [0.25, 0.3) is 11.5 Å². The molecule has 0 aliphatic heterocycles. The van der Waals surface area contributed by atoms with Gasteiger partial charge in [0.15, 0.2) is 0 Å². The maximum Gasteiger partial charge on any atom is 0.251 e. The summed E-state index contributed by atoms with van der Waals surface area (Å²) >= 11 is 0. The number of hydrogen-bond donors (Lipinski definition) is 2. The van der Waals surface area contributed by atoms with Crippen LogP contribution in [-0.4, -0.2) is 32.7 Å². The first kappa shape index (κ1) is 17.4. The highest BCUT2D eigenvalue weighted by Crippen LogP contribution is 2.31. The largest absolute Gasteiger partial charge is 0.393 e. The van der Waals surface area contributed by atoms with Gasteiger partial charge in [-0.25, -0.2) is 0 Å². The molecule has 2 aromatic rings. The van der Waals surface area contributed by atoms with Crippen LogP contribution in [0.1, 0.15) is 35.7 Å². The van der Waals surface area contributed by atoms with Crippen LogP contribution < -0.4 is 10.9 Å². The molecule has 3 rings (SSSR count). The number of aromatic nitrogens is 2. The summed E-state index contributed by atoms with van der Waals surface area (Å²) in [6.45, 7) is 2.46. The van der Waals surface area contributed by atoms with Crippen molar-refractivity contribution in [3.63, 3.8) is 0 Å². The zero-order valence-electron chi connectivity index (χ0n) is 14.3. The molecular weight excluding hydrogens is 318 g/mol. The molecular formula is C19H23N3O3. The number of aliphatic hydroxyl groups is 1. The molecule has 1 saturated carbocycles. The molecule has 1 aliphatic carbocycles. The lowest BCUT2D eigenvalue weighted by atomic mass is 9.75. The van der Waals surface area contributed by atoms with E-state index in [4.69, 9.17) is 0 Å². The first-order valence-electron chi connectivity index (χ1n) is 8.65. The Morgan fingerprint density at radius 1 is 1.36 bits per heavy atom. The minimum Gasteiger partial charge on any atom is -0.393 e. The standard InChI is InChI=1S/C19H23N3O3/c1-2-22-8-5-14(12-18(22)24)19(25)21-17(15-10-16(23)11-15)9-13-3-6-20-7-4-13/h3-8,12,15-17,23H,2,9-11H2,1H3,(H,21,25)/t15?,16?,17-/m0/s1. The van der Waals surface area contributed by atoms with Crippen molar-refractivity contribution in [3.05, 3.63) is 64.3 Å². The number of pyridine rings is 2. The van der Waals surface area contributed by atoms with Gasteiger partial charge in [0.05, 0.1) is 6.10 Å². The third-order valence-electron chi connectivity index (χ3n) is 4.84. The van der Waals surface area contributed by atoms with Crippen molar-refractivity contribution < 1.29 is 9.90 Å². The van der Waals surface area contributed by atoms with Gasteiger partial charge < -0.3 is 15.0 Å². The Labute approximate surface area is 146 Å². The zero-order chi connectivity index (χ0) is 17.8. The van der Waals surface area contributed by atoms with E-state index in [0.29, 0.717) is 31.4 Å². The van der Waals surface area contributed by atoms with Crippen LogP contribution in [0.15, 0.2) is 47.7 Å². The summed E-state index contributed by atoms with van der Waals surface area (Å²) in [4.78, 5) is 28.5. The molecule has 6 heteroatoms. The lowest BCUT2D eigenvalue weighted by Crippen LogP contribution is -2.48. The SMILES string of the molecule is CCn1ccc(C(=O)N[C@@H](Cc2ccncc2)C2CC(O)C2)cc1=O. The van der Waals surface area contributed by atoms with Gasteiger partial charge in [0, 0.05) is 42.8 Å². The van der Waals surface area contributed by atoms with Crippen molar-refractivity contribution in [3.8, 4) is 0 Å². The lowest BCUT2D eigenvalue weighted by molar-refractivity contribution is 0.0239.